The summed E-state index contributed by atoms with van der Waals surface area (Å²) in [6.45, 7) is 4.27. The number of nitrogens with zero attached hydrogens (tertiary/aromatic N) is 3. The number of nitriles is 1. The Morgan fingerprint density at radius 2 is 2.10 bits per heavy atom. The normalized spacial score (nSPS) is 10.4. The second-order valence-corrected chi connectivity index (χ2v) is 4.95. The predicted octanol–water partition coefficient (Wildman–Crippen LogP) is 1.83. The van der Waals surface area contributed by atoms with Crippen LogP contribution >= 0.6 is 0 Å². The van der Waals surface area contributed by atoms with Gasteiger partial charge in [-0.1, -0.05) is 18.2 Å². The number of hydrogen-bond donors (Lipinski definition) is 2. The number of nitrogens with one attached hydrogen (secondary N) is 2. The molecule has 2 aromatic rings. The van der Waals surface area contributed by atoms with Crippen LogP contribution in [0.2, 0.25) is 0 Å². The van der Waals surface area contributed by atoms with Crippen LogP contribution in [0.1, 0.15) is 26.0 Å². The molecule has 0 spiro atoms. The van der Waals surface area contributed by atoms with Gasteiger partial charge >= 0.3 is 0 Å². The lowest BCUT2D eigenvalue weighted by molar-refractivity contribution is -0.121. The first-order chi connectivity index (χ1) is 10.1. The maximum absolute atomic E-state index is 11.6. The molecule has 0 aliphatic rings. The molecule has 0 saturated heterocycles. The van der Waals surface area contributed by atoms with Crippen LogP contribution in [-0.2, 0) is 4.79 Å². The molecule has 6 nitrogen and oxygen atoms in total. The average molecular weight is 283 g/mol. The van der Waals surface area contributed by atoms with Gasteiger partial charge in [-0.15, -0.1) is 10.2 Å². The first-order valence-electron chi connectivity index (χ1n) is 6.80. The van der Waals surface area contributed by atoms with Crippen molar-refractivity contribution in [2.24, 2.45) is 0 Å². The molecule has 0 unspecified atom stereocenters. The van der Waals surface area contributed by atoms with Gasteiger partial charge in [-0.05, 0) is 19.9 Å². The van der Waals surface area contributed by atoms with Gasteiger partial charge < -0.3 is 10.6 Å². The van der Waals surface area contributed by atoms with Crippen molar-refractivity contribution in [3.63, 3.8) is 0 Å². The number of aromatic nitrogens is 2. The lowest BCUT2D eigenvalue weighted by atomic mass is 10.1. The Morgan fingerprint density at radius 1 is 1.33 bits per heavy atom. The van der Waals surface area contributed by atoms with E-state index in [1.165, 1.54) is 0 Å². The van der Waals surface area contributed by atoms with E-state index in [2.05, 4.69) is 20.8 Å². The number of amides is 1. The highest BCUT2D eigenvalue weighted by atomic mass is 16.1. The van der Waals surface area contributed by atoms with Crippen LogP contribution in [0.5, 0.6) is 0 Å². The van der Waals surface area contributed by atoms with Gasteiger partial charge in [0.15, 0.2) is 5.69 Å². The third-order valence-corrected chi connectivity index (χ3v) is 2.88. The zero-order chi connectivity index (χ0) is 15.2. The topological polar surface area (TPSA) is 90.7 Å². The molecule has 1 amide bonds. The molecule has 6 heteroatoms. The summed E-state index contributed by atoms with van der Waals surface area (Å²) < 4.78 is 0. The molecule has 0 bridgehead atoms. The molecule has 0 aliphatic heterocycles. The Morgan fingerprint density at radius 3 is 2.81 bits per heavy atom. The molecular weight excluding hydrogens is 266 g/mol. The highest BCUT2D eigenvalue weighted by Crippen LogP contribution is 2.23. The van der Waals surface area contributed by atoms with Gasteiger partial charge in [0.1, 0.15) is 6.07 Å². The minimum Gasteiger partial charge on any atom is -0.382 e. The smallest absolute Gasteiger partial charge is 0.221 e. The summed E-state index contributed by atoms with van der Waals surface area (Å²) in [5, 5.41) is 23.8. The maximum atomic E-state index is 11.6. The van der Waals surface area contributed by atoms with Crippen LogP contribution in [0.4, 0.5) is 5.69 Å². The fourth-order valence-corrected chi connectivity index (χ4v) is 2.01. The number of carbonyl (C=O) groups excluding carboxylic acids is 1. The number of anilines is 1. The number of benzene rings is 1. The molecule has 1 aromatic heterocycles. The third kappa shape index (κ3) is 3.66. The van der Waals surface area contributed by atoms with Crippen LogP contribution < -0.4 is 10.6 Å². The van der Waals surface area contributed by atoms with Gasteiger partial charge in [0.2, 0.25) is 5.91 Å². The summed E-state index contributed by atoms with van der Waals surface area (Å²) in [7, 11) is 0. The summed E-state index contributed by atoms with van der Waals surface area (Å²) >= 11 is 0. The molecule has 1 heterocycles. The van der Waals surface area contributed by atoms with E-state index in [1.807, 2.05) is 44.2 Å². The monoisotopic (exact) mass is 283 g/mol. The fraction of sp³-hybridized carbons (Fsp3) is 0.333. The Balaban J connectivity index is 2.14. The van der Waals surface area contributed by atoms with E-state index in [1.54, 1.807) is 0 Å². The molecule has 0 atom stereocenters. The van der Waals surface area contributed by atoms with Crippen LogP contribution in [0.15, 0.2) is 24.3 Å². The van der Waals surface area contributed by atoms with Crippen LogP contribution in [0.25, 0.3) is 10.9 Å². The summed E-state index contributed by atoms with van der Waals surface area (Å²) in [4.78, 5) is 11.6. The first kappa shape index (κ1) is 14.7. The number of rotatable bonds is 5. The van der Waals surface area contributed by atoms with Gasteiger partial charge in [0.05, 0.1) is 11.2 Å². The molecule has 0 fully saturated rings. The summed E-state index contributed by atoms with van der Waals surface area (Å²) in [5.74, 6) is -0.0256. The maximum Gasteiger partial charge on any atom is 0.221 e. The highest BCUT2D eigenvalue weighted by Gasteiger charge is 2.10. The zero-order valence-electron chi connectivity index (χ0n) is 12.1. The van der Waals surface area contributed by atoms with E-state index in [-0.39, 0.29) is 17.6 Å². The standard InChI is InChI=1S/C15H17N5O/c1-10(2)18-14(21)7-8-17-15-11-5-3-4-6-12(11)19-20-13(15)9-16/h3-6,10H,7-8H2,1-2H3,(H,17,19)(H,18,21). The quantitative estimate of drug-likeness (QED) is 0.873. The molecule has 0 radical (unpaired) electrons. The Hall–Kier alpha value is -2.68. The van der Waals surface area contributed by atoms with Crippen molar-refractivity contribution >= 4 is 22.5 Å². The molecule has 2 N–H and O–H groups in total. The molecule has 0 saturated carbocycles. The molecule has 21 heavy (non-hydrogen) atoms. The van der Waals surface area contributed by atoms with E-state index in [4.69, 9.17) is 5.26 Å². The fourth-order valence-electron chi connectivity index (χ4n) is 2.01. The largest absolute Gasteiger partial charge is 0.382 e. The Bertz CT molecular complexity index is 690. The van der Waals surface area contributed by atoms with Crippen molar-refractivity contribution in [1.82, 2.24) is 15.5 Å². The lowest BCUT2D eigenvalue weighted by Crippen LogP contribution is -2.31. The van der Waals surface area contributed by atoms with E-state index in [0.717, 1.165) is 5.39 Å². The second kappa shape index (κ2) is 6.66. The first-order valence-corrected chi connectivity index (χ1v) is 6.80. The average Bonchev–Trinajstić information content (AvgIpc) is 2.46. The minimum atomic E-state index is -0.0256. The second-order valence-electron chi connectivity index (χ2n) is 4.95. The Kier molecular flexibility index (Phi) is 4.67. The number of hydrogen-bond acceptors (Lipinski definition) is 5. The summed E-state index contributed by atoms with van der Waals surface area (Å²) in [6.07, 6.45) is 0.333. The van der Waals surface area contributed by atoms with Crippen molar-refractivity contribution < 1.29 is 4.79 Å². The van der Waals surface area contributed by atoms with Crippen molar-refractivity contribution in [2.45, 2.75) is 26.3 Å². The van der Waals surface area contributed by atoms with Gasteiger partial charge in [-0.2, -0.15) is 5.26 Å². The minimum absolute atomic E-state index is 0.0256. The van der Waals surface area contributed by atoms with Crippen molar-refractivity contribution in [1.29, 1.82) is 5.26 Å². The van der Waals surface area contributed by atoms with Gasteiger partial charge in [-0.25, -0.2) is 0 Å². The molecule has 0 aliphatic carbocycles. The van der Waals surface area contributed by atoms with Gasteiger partial charge in [-0.3, -0.25) is 4.79 Å². The molecular formula is C15H17N5O. The van der Waals surface area contributed by atoms with E-state index in [9.17, 15) is 4.79 Å². The van der Waals surface area contributed by atoms with E-state index in [0.29, 0.717) is 24.2 Å². The van der Waals surface area contributed by atoms with Crippen molar-refractivity contribution in [3.8, 4) is 6.07 Å². The van der Waals surface area contributed by atoms with E-state index >= 15 is 0 Å². The van der Waals surface area contributed by atoms with Crippen molar-refractivity contribution in [3.05, 3.63) is 30.0 Å². The highest BCUT2D eigenvalue weighted by molar-refractivity contribution is 5.92. The number of carbonyl (C=O) groups is 1. The lowest BCUT2D eigenvalue weighted by Gasteiger charge is -2.11. The van der Waals surface area contributed by atoms with Crippen LogP contribution in [0.3, 0.4) is 0 Å². The van der Waals surface area contributed by atoms with Crippen LogP contribution in [-0.4, -0.2) is 28.7 Å². The molecule has 2 rings (SSSR count). The van der Waals surface area contributed by atoms with Gasteiger partial charge in [0.25, 0.3) is 0 Å². The van der Waals surface area contributed by atoms with E-state index < -0.39 is 0 Å². The predicted molar refractivity (Wildman–Crippen MR) is 80.6 cm³/mol. The number of fused-ring (bicyclic) bond motifs is 1. The zero-order valence-corrected chi connectivity index (χ0v) is 12.1. The SMILES string of the molecule is CC(C)NC(=O)CCNc1c(C#N)nnc2ccccc12. The third-order valence-electron chi connectivity index (χ3n) is 2.88. The molecule has 108 valence electrons. The summed E-state index contributed by atoms with van der Waals surface area (Å²) in [5.41, 5.74) is 1.57. The van der Waals surface area contributed by atoms with Crippen molar-refractivity contribution in [2.75, 3.05) is 11.9 Å². The van der Waals surface area contributed by atoms with Gasteiger partial charge in [0, 0.05) is 24.4 Å². The van der Waals surface area contributed by atoms with Crippen LogP contribution in [0, 0.1) is 11.3 Å². The molecule has 1 aromatic carbocycles. The Labute approximate surface area is 123 Å². The summed E-state index contributed by atoms with van der Waals surface area (Å²) in [6, 6.07) is 9.59.